The number of carbonyl (C=O) groups excluding carboxylic acids is 1. The van der Waals surface area contributed by atoms with Crippen LogP contribution in [0.15, 0.2) is 65.8 Å². The fourth-order valence-electron chi connectivity index (χ4n) is 4.24. The zero-order valence-electron chi connectivity index (χ0n) is 17.6. The Morgan fingerprint density at radius 3 is 2.61 bits per heavy atom. The molecule has 5 nitrogen and oxygen atoms in total. The quantitative estimate of drug-likeness (QED) is 0.351. The highest BCUT2D eigenvalue weighted by Crippen LogP contribution is 2.36. The number of hydrogen-bond donors (Lipinski definition) is 2. The molecule has 0 radical (unpaired) electrons. The van der Waals surface area contributed by atoms with Gasteiger partial charge in [-0.2, -0.15) is 10.2 Å². The molecular formula is C26H24N4O. The highest BCUT2D eigenvalue weighted by molar-refractivity contribution is 6.02. The summed E-state index contributed by atoms with van der Waals surface area (Å²) in [6, 6.07) is 20.6. The number of hydrogen-bond acceptors (Lipinski definition) is 3. The van der Waals surface area contributed by atoms with Gasteiger partial charge in [0.2, 0.25) is 0 Å². The van der Waals surface area contributed by atoms with Gasteiger partial charge in [-0.05, 0) is 57.9 Å². The van der Waals surface area contributed by atoms with Crippen LogP contribution in [0.25, 0.3) is 22.0 Å². The fraction of sp³-hybridized carbons (Fsp3) is 0.192. The van der Waals surface area contributed by atoms with Gasteiger partial charge in [0.05, 0.1) is 11.9 Å². The molecule has 0 aliphatic heterocycles. The smallest absolute Gasteiger partial charge is 0.272 e. The van der Waals surface area contributed by atoms with Crippen molar-refractivity contribution in [3.63, 3.8) is 0 Å². The van der Waals surface area contributed by atoms with Crippen LogP contribution in [0.4, 0.5) is 0 Å². The number of carbonyl (C=O) groups is 1. The summed E-state index contributed by atoms with van der Waals surface area (Å²) in [5.41, 5.74) is 9.73. The standard InChI is InChI=1S/C26H24N4O/c1-16(2)18-8-6-17(7-9-18)15-27-30-26(31)24-14-23(28-29-24)21-13-12-20-11-10-19-4-3-5-22(21)25(19)20/h3-9,12-16H,10-11H2,1-2H3,(H,28,29)(H,30,31). The summed E-state index contributed by atoms with van der Waals surface area (Å²) in [7, 11) is 0. The van der Waals surface area contributed by atoms with E-state index in [-0.39, 0.29) is 5.91 Å². The Morgan fingerprint density at radius 1 is 1.06 bits per heavy atom. The summed E-state index contributed by atoms with van der Waals surface area (Å²) in [6.07, 6.45) is 3.81. The van der Waals surface area contributed by atoms with Gasteiger partial charge in [-0.1, -0.05) is 68.4 Å². The maximum absolute atomic E-state index is 12.5. The molecule has 1 aromatic heterocycles. The van der Waals surface area contributed by atoms with Crippen molar-refractivity contribution in [2.24, 2.45) is 5.10 Å². The topological polar surface area (TPSA) is 70.1 Å². The molecule has 3 aromatic carbocycles. The second kappa shape index (κ2) is 7.84. The average molecular weight is 409 g/mol. The van der Waals surface area contributed by atoms with Crippen LogP contribution in [0.2, 0.25) is 0 Å². The van der Waals surface area contributed by atoms with E-state index in [0.29, 0.717) is 11.6 Å². The monoisotopic (exact) mass is 408 g/mol. The number of rotatable bonds is 5. The molecule has 4 aromatic rings. The normalized spacial score (nSPS) is 12.9. The molecule has 0 bridgehead atoms. The van der Waals surface area contributed by atoms with Gasteiger partial charge in [0, 0.05) is 5.56 Å². The van der Waals surface area contributed by atoms with Crippen molar-refractivity contribution in [2.45, 2.75) is 32.6 Å². The van der Waals surface area contributed by atoms with Crippen LogP contribution >= 0.6 is 0 Å². The van der Waals surface area contributed by atoms with E-state index in [1.165, 1.54) is 27.5 Å². The second-order valence-corrected chi connectivity index (χ2v) is 8.30. The number of benzene rings is 3. The highest BCUT2D eigenvalue weighted by Gasteiger charge is 2.18. The van der Waals surface area contributed by atoms with E-state index >= 15 is 0 Å². The van der Waals surface area contributed by atoms with Gasteiger partial charge in [-0.15, -0.1) is 0 Å². The minimum absolute atomic E-state index is 0.320. The number of aryl methyl sites for hydroxylation is 2. The molecule has 31 heavy (non-hydrogen) atoms. The molecule has 154 valence electrons. The van der Waals surface area contributed by atoms with Gasteiger partial charge in [-0.3, -0.25) is 9.89 Å². The number of nitrogens with one attached hydrogen (secondary N) is 2. The number of nitrogens with zero attached hydrogens (tertiary/aromatic N) is 2. The minimum atomic E-state index is -0.320. The maximum Gasteiger partial charge on any atom is 0.289 e. The van der Waals surface area contributed by atoms with Crippen LogP contribution < -0.4 is 5.43 Å². The molecule has 0 saturated carbocycles. The van der Waals surface area contributed by atoms with E-state index in [9.17, 15) is 4.79 Å². The third-order valence-corrected chi connectivity index (χ3v) is 5.96. The third-order valence-electron chi connectivity index (χ3n) is 5.96. The summed E-state index contributed by atoms with van der Waals surface area (Å²) in [5.74, 6) is 0.165. The highest BCUT2D eigenvalue weighted by atomic mass is 16.2. The third kappa shape index (κ3) is 3.63. The Bertz CT molecular complexity index is 1290. The largest absolute Gasteiger partial charge is 0.289 e. The van der Waals surface area contributed by atoms with Gasteiger partial charge in [0.1, 0.15) is 5.69 Å². The van der Waals surface area contributed by atoms with Crippen LogP contribution in [-0.4, -0.2) is 22.3 Å². The first-order chi connectivity index (χ1) is 15.1. The van der Waals surface area contributed by atoms with E-state index in [1.807, 2.05) is 12.1 Å². The van der Waals surface area contributed by atoms with Gasteiger partial charge in [-0.25, -0.2) is 5.43 Å². The van der Waals surface area contributed by atoms with Crippen molar-refractivity contribution in [1.29, 1.82) is 0 Å². The van der Waals surface area contributed by atoms with Crippen LogP contribution in [0.5, 0.6) is 0 Å². The fourth-order valence-corrected chi connectivity index (χ4v) is 4.24. The predicted molar refractivity (Wildman–Crippen MR) is 125 cm³/mol. The van der Waals surface area contributed by atoms with Crippen molar-refractivity contribution < 1.29 is 4.79 Å². The number of H-pyrrole nitrogens is 1. The molecule has 5 rings (SSSR count). The van der Waals surface area contributed by atoms with E-state index < -0.39 is 0 Å². The Balaban J connectivity index is 1.33. The number of aromatic amines is 1. The first-order valence-corrected chi connectivity index (χ1v) is 10.6. The van der Waals surface area contributed by atoms with E-state index in [2.05, 4.69) is 77.0 Å². The van der Waals surface area contributed by atoms with Gasteiger partial charge in [0.15, 0.2) is 0 Å². The number of aromatic nitrogens is 2. The van der Waals surface area contributed by atoms with E-state index in [1.54, 1.807) is 12.3 Å². The van der Waals surface area contributed by atoms with E-state index in [4.69, 9.17) is 0 Å². The predicted octanol–water partition coefficient (Wildman–Crippen LogP) is 5.22. The molecule has 1 aliphatic carbocycles. The van der Waals surface area contributed by atoms with Crippen molar-refractivity contribution in [3.8, 4) is 11.3 Å². The van der Waals surface area contributed by atoms with Crippen molar-refractivity contribution >= 4 is 22.9 Å². The minimum Gasteiger partial charge on any atom is -0.272 e. The number of amides is 1. The SMILES string of the molecule is CC(C)c1ccc(C=NNC(=O)c2cc(-c3ccc4c5c(cccc35)CC4)n[nH]2)cc1. The van der Waals surface area contributed by atoms with Crippen molar-refractivity contribution in [2.75, 3.05) is 0 Å². The molecule has 1 heterocycles. The lowest BCUT2D eigenvalue weighted by atomic mass is 9.98. The molecule has 1 amide bonds. The Kier molecular flexibility index (Phi) is 4.86. The zero-order valence-corrected chi connectivity index (χ0v) is 17.6. The summed E-state index contributed by atoms with van der Waals surface area (Å²) >= 11 is 0. The molecular weight excluding hydrogens is 384 g/mol. The van der Waals surface area contributed by atoms with Crippen LogP contribution in [0.1, 0.15) is 52.5 Å². The molecule has 5 heteroatoms. The molecule has 0 fully saturated rings. The van der Waals surface area contributed by atoms with Gasteiger partial charge < -0.3 is 0 Å². The molecule has 0 atom stereocenters. The van der Waals surface area contributed by atoms with Crippen molar-refractivity contribution in [1.82, 2.24) is 15.6 Å². The summed E-state index contributed by atoms with van der Waals surface area (Å²) in [4.78, 5) is 12.5. The zero-order chi connectivity index (χ0) is 21.4. The Morgan fingerprint density at radius 2 is 1.84 bits per heavy atom. The first-order valence-electron chi connectivity index (χ1n) is 10.6. The molecule has 2 N–H and O–H groups in total. The van der Waals surface area contributed by atoms with Gasteiger partial charge in [0.25, 0.3) is 5.91 Å². The first kappa shape index (κ1) is 19.2. The molecule has 0 spiro atoms. The van der Waals surface area contributed by atoms with Crippen LogP contribution in [0.3, 0.4) is 0 Å². The lowest BCUT2D eigenvalue weighted by Gasteiger charge is -2.06. The average Bonchev–Trinajstić information content (AvgIpc) is 3.43. The molecule has 0 unspecified atom stereocenters. The lowest BCUT2D eigenvalue weighted by Crippen LogP contribution is -2.18. The van der Waals surface area contributed by atoms with Crippen LogP contribution in [-0.2, 0) is 12.8 Å². The van der Waals surface area contributed by atoms with E-state index in [0.717, 1.165) is 29.7 Å². The summed E-state index contributed by atoms with van der Waals surface area (Å²) in [6.45, 7) is 4.32. The van der Waals surface area contributed by atoms with Crippen molar-refractivity contribution in [3.05, 3.63) is 88.6 Å². The Labute approximate surface area is 181 Å². The molecule has 0 saturated heterocycles. The Hall–Kier alpha value is -3.73. The summed E-state index contributed by atoms with van der Waals surface area (Å²) < 4.78 is 0. The van der Waals surface area contributed by atoms with Crippen LogP contribution in [0, 0.1) is 0 Å². The second-order valence-electron chi connectivity index (χ2n) is 8.30. The number of hydrazone groups is 1. The maximum atomic E-state index is 12.5. The molecule has 1 aliphatic rings. The summed E-state index contributed by atoms with van der Waals surface area (Å²) in [5, 5.41) is 13.8. The van der Waals surface area contributed by atoms with Gasteiger partial charge >= 0.3 is 0 Å². The lowest BCUT2D eigenvalue weighted by molar-refractivity contribution is 0.0950.